The number of nitrogens with two attached hydrogens (primary N) is 2. The molecule has 90 valence electrons. The van der Waals surface area contributed by atoms with Crippen LogP contribution in [0.3, 0.4) is 0 Å². The molecule has 0 spiro atoms. The lowest BCUT2D eigenvalue weighted by Gasteiger charge is -2.09. The molecule has 0 heterocycles. The van der Waals surface area contributed by atoms with E-state index in [0.29, 0.717) is 0 Å². The van der Waals surface area contributed by atoms with Crippen LogP contribution in [0.1, 0.15) is 0 Å². The Morgan fingerprint density at radius 3 is 2.62 bits per heavy atom. The molecule has 0 aromatic heterocycles. The topological polar surface area (TPSA) is 98.2 Å². The van der Waals surface area contributed by atoms with E-state index in [-0.39, 0.29) is 28.7 Å². The highest BCUT2D eigenvalue weighted by atomic mass is 35.5. The van der Waals surface area contributed by atoms with E-state index in [4.69, 9.17) is 22.5 Å². The second kappa shape index (κ2) is 4.86. The zero-order chi connectivity index (χ0) is 12.3. The summed E-state index contributed by atoms with van der Waals surface area (Å²) in [6.07, 6.45) is 0. The minimum Gasteiger partial charge on any atom is -0.397 e. The zero-order valence-corrected chi connectivity index (χ0v) is 9.78. The standard InChI is InChI=1S/C8H11ClFN3O2S/c9-5-3-7(11)8(4-6(5)10)13-1-2-16(12,14)15/h3-4,13H,1-2,11H2,(H2,12,14,15). The third kappa shape index (κ3) is 3.84. The van der Waals surface area contributed by atoms with E-state index in [2.05, 4.69) is 5.32 Å². The van der Waals surface area contributed by atoms with Gasteiger partial charge in [0.15, 0.2) is 0 Å². The SMILES string of the molecule is Nc1cc(Cl)c(F)cc1NCCS(N)(=O)=O. The second-order valence-electron chi connectivity index (χ2n) is 3.15. The minimum absolute atomic E-state index is 0.0457. The molecule has 0 bridgehead atoms. The number of hydrogen-bond acceptors (Lipinski definition) is 4. The van der Waals surface area contributed by atoms with Gasteiger partial charge in [-0.05, 0) is 6.07 Å². The Morgan fingerprint density at radius 1 is 1.44 bits per heavy atom. The van der Waals surface area contributed by atoms with Gasteiger partial charge in [0.2, 0.25) is 10.0 Å². The zero-order valence-electron chi connectivity index (χ0n) is 8.20. The Bertz CT molecular complexity index is 492. The molecule has 0 saturated carbocycles. The predicted octanol–water partition coefficient (Wildman–Crippen LogP) is 0.762. The van der Waals surface area contributed by atoms with E-state index in [0.717, 1.165) is 6.07 Å². The number of hydrogen-bond donors (Lipinski definition) is 3. The summed E-state index contributed by atoms with van der Waals surface area (Å²) in [4.78, 5) is 0. The minimum atomic E-state index is -3.55. The molecule has 0 saturated heterocycles. The average molecular weight is 268 g/mol. The number of nitrogen functional groups attached to an aromatic ring is 1. The van der Waals surface area contributed by atoms with Crippen molar-refractivity contribution in [2.45, 2.75) is 0 Å². The molecular weight excluding hydrogens is 257 g/mol. The summed E-state index contributed by atoms with van der Waals surface area (Å²) in [6, 6.07) is 2.34. The molecule has 5 N–H and O–H groups in total. The fourth-order valence-electron chi connectivity index (χ4n) is 1.04. The highest BCUT2D eigenvalue weighted by molar-refractivity contribution is 7.89. The largest absolute Gasteiger partial charge is 0.397 e. The molecule has 0 amide bonds. The number of benzene rings is 1. The van der Waals surface area contributed by atoms with Crippen LogP contribution in [0.2, 0.25) is 5.02 Å². The molecule has 0 unspecified atom stereocenters. The quantitative estimate of drug-likeness (QED) is 0.702. The molecule has 0 fully saturated rings. The first-order valence-electron chi connectivity index (χ1n) is 4.28. The van der Waals surface area contributed by atoms with Crippen molar-refractivity contribution in [1.29, 1.82) is 0 Å². The Kier molecular flexibility index (Phi) is 3.95. The first-order valence-corrected chi connectivity index (χ1v) is 6.38. The first-order chi connectivity index (χ1) is 7.29. The van der Waals surface area contributed by atoms with E-state index < -0.39 is 15.8 Å². The number of halogens is 2. The highest BCUT2D eigenvalue weighted by Gasteiger charge is 2.07. The summed E-state index contributed by atoms with van der Waals surface area (Å²) in [7, 11) is -3.55. The van der Waals surface area contributed by atoms with Gasteiger partial charge < -0.3 is 11.1 Å². The second-order valence-corrected chi connectivity index (χ2v) is 5.29. The Morgan fingerprint density at radius 2 is 2.06 bits per heavy atom. The highest BCUT2D eigenvalue weighted by Crippen LogP contribution is 2.25. The van der Waals surface area contributed by atoms with Gasteiger partial charge in [-0.25, -0.2) is 17.9 Å². The predicted molar refractivity (Wildman–Crippen MR) is 62.3 cm³/mol. The molecule has 0 aliphatic heterocycles. The molecular formula is C8H11ClFN3O2S. The molecule has 1 aromatic carbocycles. The summed E-state index contributed by atoms with van der Waals surface area (Å²) < 4.78 is 34.3. The van der Waals surface area contributed by atoms with Crippen molar-refractivity contribution in [3.8, 4) is 0 Å². The first kappa shape index (κ1) is 13.0. The van der Waals surface area contributed by atoms with Gasteiger partial charge in [-0.2, -0.15) is 0 Å². The van der Waals surface area contributed by atoms with Crippen molar-refractivity contribution in [2.24, 2.45) is 5.14 Å². The van der Waals surface area contributed by atoms with Crippen molar-refractivity contribution in [3.05, 3.63) is 23.0 Å². The van der Waals surface area contributed by atoms with Crippen LogP contribution in [-0.2, 0) is 10.0 Å². The van der Waals surface area contributed by atoms with Crippen molar-refractivity contribution in [1.82, 2.24) is 0 Å². The van der Waals surface area contributed by atoms with Crippen LogP contribution in [0.4, 0.5) is 15.8 Å². The van der Waals surface area contributed by atoms with Crippen molar-refractivity contribution >= 4 is 33.0 Å². The fraction of sp³-hybridized carbons (Fsp3) is 0.250. The van der Waals surface area contributed by atoms with Crippen molar-refractivity contribution < 1.29 is 12.8 Å². The molecule has 0 aliphatic rings. The maximum absolute atomic E-state index is 13.0. The molecule has 0 radical (unpaired) electrons. The molecule has 0 atom stereocenters. The van der Waals surface area contributed by atoms with Crippen molar-refractivity contribution in [2.75, 3.05) is 23.3 Å². The Balaban J connectivity index is 2.71. The number of primary sulfonamides is 1. The lowest BCUT2D eigenvalue weighted by Crippen LogP contribution is -2.22. The smallest absolute Gasteiger partial charge is 0.210 e. The summed E-state index contributed by atoms with van der Waals surface area (Å²) in [6.45, 7) is 0.0457. The third-order valence-corrected chi connectivity index (χ3v) is 2.86. The van der Waals surface area contributed by atoms with Crippen LogP contribution < -0.4 is 16.2 Å². The molecule has 0 aliphatic carbocycles. The van der Waals surface area contributed by atoms with Crippen LogP contribution in [0, 0.1) is 5.82 Å². The third-order valence-electron chi connectivity index (χ3n) is 1.79. The number of anilines is 2. The lowest BCUT2D eigenvalue weighted by atomic mass is 10.2. The van der Waals surface area contributed by atoms with E-state index >= 15 is 0 Å². The van der Waals surface area contributed by atoms with E-state index in [1.807, 2.05) is 0 Å². The summed E-state index contributed by atoms with van der Waals surface area (Å²) >= 11 is 5.49. The molecule has 1 aromatic rings. The summed E-state index contributed by atoms with van der Waals surface area (Å²) in [5.41, 5.74) is 6.07. The fourth-order valence-corrected chi connectivity index (χ4v) is 1.60. The molecule has 1 rings (SSSR count). The summed E-state index contributed by atoms with van der Waals surface area (Å²) in [5.74, 6) is -0.898. The number of rotatable bonds is 4. The van der Waals surface area contributed by atoms with Gasteiger partial charge in [0.1, 0.15) is 5.82 Å². The van der Waals surface area contributed by atoms with Gasteiger partial charge in [0.25, 0.3) is 0 Å². The van der Waals surface area contributed by atoms with Gasteiger partial charge in [0, 0.05) is 12.6 Å². The van der Waals surface area contributed by atoms with Gasteiger partial charge in [-0.1, -0.05) is 11.6 Å². The maximum atomic E-state index is 13.0. The lowest BCUT2D eigenvalue weighted by molar-refractivity contribution is 0.598. The maximum Gasteiger partial charge on any atom is 0.210 e. The van der Waals surface area contributed by atoms with Gasteiger partial charge in [0.05, 0.1) is 22.2 Å². The van der Waals surface area contributed by atoms with Gasteiger partial charge in [-0.3, -0.25) is 0 Å². The normalized spacial score (nSPS) is 11.4. The number of sulfonamides is 1. The van der Waals surface area contributed by atoms with Crippen LogP contribution in [0.5, 0.6) is 0 Å². The Labute approximate surface area is 97.6 Å². The van der Waals surface area contributed by atoms with Crippen LogP contribution in [0.25, 0.3) is 0 Å². The van der Waals surface area contributed by atoms with Gasteiger partial charge in [-0.15, -0.1) is 0 Å². The Hall–Kier alpha value is -1.05. The molecule has 8 heteroatoms. The van der Waals surface area contributed by atoms with E-state index in [1.165, 1.54) is 6.07 Å². The van der Waals surface area contributed by atoms with Gasteiger partial charge >= 0.3 is 0 Å². The number of nitrogens with one attached hydrogen (secondary N) is 1. The summed E-state index contributed by atoms with van der Waals surface area (Å²) in [5, 5.41) is 7.36. The van der Waals surface area contributed by atoms with E-state index in [9.17, 15) is 12.8 Å². The average Bonchev–Trinajstić information content (AvgIpc) is 2.11. The van der Waals surface area contributed by atoms with Crippen molar-refractivity contribution in [3.63, 3.8) is 0 Å². The van der Waals surface area contributed by atoms with E-state index in [1.54, 1.807) is 0 Å². The van der Waals surface area contributed by atoms with Crippen LogP contribution in [0.15, 0.2) is 12.1 Å². The monoisotopic (exact) mass is 267 g/mol. The molecule has 16 heavy (non-hydrogen) atoms. The van der Waals surface area contributed by atoms with Crippen LogP contribution >= 0.6 is 11.6 Å². The van der Waals surface area contributed by atoms with Crippen LogP contribution in [-0.4, -0.2) is 20.7 Å². The molecule has 5 nitrogen and oxygen atoms in total.